The fourth-order valence-corrected chi connectivity index (χ4v) is 2.63. The summed E-state index contributed by atoms with van der Waals surface area (Å²) in [5.41, 5.74) is 5.08. The fourth-order valence-electron chi connectivity index (χ4n) is 2.63. The van der Waals surface area contributed by atoms with Gasteiger partial charge in [-0.2, -0.15) is 0 Å². The molecule has 94 valence electrons. The van der Waals surface area contributed by atoms with E-state index in [9.17, 15) is 0 Å². The number of nitrogens with one attached hydrogen (secondary N) is 1. The summed E-state index contributed by atoms with van der Waals surface area (Å²) in [7, 11) is 0. The van der Waals surface area contributed by atoms with Crippen LogP contribution in [0.15, 0.2) is 24.4 Å². The molecule has 3 nitrogen and oxygen atoms in total. The van der Waals surface area contributed by atoms with E-state index in [1.165, 1.54) is 22.2 Å². The summed E-state index contributed by atoms with van der Waals surface area (Å²) in [4.78, 5) is 7.01. The number of aromatic nitrogens is 1. The molecule has 0 aliphatic carbocycles. The highest BCUT2D eigenvalue weighted by atomic mass is 15.2. The maximum absolute atomic E-state index is 4.55. The third-order valence-corrected chi connectivity index (χ3v) is 3.87. The van der Waals surface area contributed by atoms with Crippen molar-refractivity contribution in [1.82, 2.24) is 10.3 Å². The van der Waals surface area contributed by atoms with Gasteiger partial charge in [0, 0.05) is 43.4 Å². The molecule has 1 aromatic carbocycles. The van der Waals surface area contributed by atoms with Crippen molar-refractivity contribution in [2.45, 2.75) is 13.8 Å². The van der Waals surface area contributed by atoms with E-state index in [0.717, 1.165) is 31.7 Å². The minimum atomic E-state index is 1.06. The first-order valence-electron chi connectivity index (χ1n) is 6.58. The highest BCUT2D eigenvalue weighted by molar-refractivity contribution is 5.94. The fraction of sp³-hybridized carbons (Fsp3) is 0.400. The Kier molecular flexibility index (Phi) is 2.92. The number of anilines is 1. The van der Waals surface area contributed by atoms with Crippen LogP contribution in [0, 0.1) is 13.8 Å². The molecule has 0 saturated carbocycles. The minimum absolute atomic E-state index is 1.06. The normalized spacial score (nSPS) is 16.2. The van der Waals surface area contributed by atoms with Gasteiger partial charge in [-0.3, -0.25) is 4.98 Å². The Labute approximate surface area is 108 Å². The number of fused-ring (bicyclic) bond motifs is 1. The Morgan fingerprint density at radius 1 is 1.11 bits per heavy atom. The van der Waals surface area contributed by atoms with Crippen LogP contribution in [0.2, 0.25) is 0 Å². The molecule has 1 N–H and O–H groups in total. The van der Waals surface area contributed by atoms with Crippen molar-refractivity contribution in [3.8, 4) is 0 Å². The van der Waals surface area contributed by atoms with Crippen molar-refractivity contribution in [3.05, 3.63) is 35.5 Å². The molecule has 1 aliphatic heterocycles. The van der Waals surface area contributed by atoms with Crippen LogP contribution in [-0.4, -0.2) is 31.2 Å². The molecule has 0 spiro atoms. The molecule has 1 aliphatic rings. The standard InChI is InChI=1S/C15H19N3/c1-11-3-4-13-14(18-9-7-16-8-10-18)5-6-17-15(13)12(11)2/h3-6,16H,7-10H2,1-2H3. The van der Waals surface area contributed by atoms with Gasteiger partial charge in [0.2, 0.25) is 0 Å². The molecule has 0 atom stereocenters. The van der Waals surface area contributed by atoms with Crippen molar-refractivity contribution in [1.29, 1.82) is 0 Å². The summed E-state index contributed by atoms with van der Waals surface area (Å²) in [5, 5.41) is 4.68. The van der Waals surface area contributed by atoms with E-state index in [2.05, 4.69) is 47.2 Å². The first kappa shape index (κ1) is 11.5. The zero-order chi connectivity index (χ0) is 12.5. The van der Waals surface area contributed by atoms with Gasteiger partial charge in [-0.1, -0.05) is 12.1 Å². The Morgan fingerprint density at radius 3 is 2.67 bits per heavy atom. The lowest BCUT2D eigenvalue weighted by atomic mass is 10.0. The Balaban J connectivity index is 2.14. The number of aryl methyl sites for hydroxylation is 2. The van der Waals surface area contributed by atoms with Gasteiger partial charge in [-0.15, -0.1) is 0 Å². The molecule has 3 rings (SSSR count). The summed E-state index contributed by atoms with van der Waals surface area (Å²) in [6, 6.07) is 6.55. The van der Waals surface area contributed by atoms with Crippen molar-refractivity contribution in [3.63, 3.8) is 0 Å². The van der Waals surface area contributed by atoms with E-state index in [4.69, 9.17) is 0 Å². The van der Waals surface area contributed by atoms with Crippen molar-refractivity contribution in [2.24, 2.45) is 0 Å². The second kappa shape index (κ2) is 4.58. The van der Waals surface area contributed by atoms with E-state index < -0.39 is 0 Å². The number of benzene rings is 1. The third-order valence-electron chi connectivity index (χ3n) is 3.87. The van der Waals surface area contributed by atoms with Crippen LogP contribution >= 0.6 is 0 Å². The molecular formula is C15H19N3. The Morgan fingerprint density at radius 2 is 1.89 bits per heavy atom. The predicted octanol–water partition coefficient (Wildman–Crippen LogP) is 2.26. The quantitative estimate of drug-likeness (QED) is 0.830. The first-order chi connectivity index (χ1) is 8.77. The average molecular weight is 241 g/mol. The maximum atomic E-state index is 4.55. The molecule has 1 aromatic heterocycles. The molecule has 0 amide bonds. The SMILES string of the molecule is Cc1ccc2c(N3CCNCC3)ccnc2c1C. The number of piperazine rings is 1. The highest BCUT2D eigenvalue weighted by Gasteiger charge is 2.14. The second-order valence-electron chi connectivity index (χ2n) is 4.97. The van der Waals surface area contributed by atoms with Gasteiger partial charge in [-0.05, 0) is 31.0 Å². The molecular weight excluding hydrogens is 222 g/mol. The molecule has 0 bridgehead atoms. The zero-order valence-electron chi connectivity index (χ0n) is 11.0. The molecule has 2 aromatic rings. The molecule has 2 heterocycles. The first-order valence-corrected chi connectivity index (χ1v) is 6.58. The van der Waals surface area contributed by atoms with Crippen LogP contribution < -0.4 is 10.2 Å². The predicted molar refractivity (Wildman–Crippen MR) is 76.3 cm³/mol. The summed E-state index contributed by atoms with van der Waals surface area (Å²) in [6.45, 7) is 8.58. The molecule has 18 heavy (non-hydrogen) atoms. The minimum Gasteiger partial charge on any atom is -0.368 e. The van der Waals surface area contributed by atoms with Gasteiger partial charge in [-0.25, -0.2) is 0 Å². The van der Waals surface area contributed by atoms with Gasteiger partial charge in [0.25, 0.3) is 0 Å². The summed E-state index contributed by atoms with van der Waals surface area (Å²) < 4.78 is 0. The monoisotopic (exact) mass is 241 g/mol. The highest BCUT2D eigenvalue weighted by Crippen LogP contribution is 2.28. The van der Waals surface area contributed by atoms with Gasteiger partial charge in [0.05, 0.1) is 5.52 Å². The van der Waals surface area contributed by atoms with Gasteiger partial charge >= 0.3 is 0 Å². The van der Waals surface area contributed by atoms with Gasteiger partial charge in [0.15, 0.2) is 0 Å². The van der Waals surface area contributed by atoms with Crippen molar-refractivity contribution in [2.75, 3.05) is 31.1 Å². The molecule has 1 saturated heterocycles. The van der Waals surface area contributed by atoms with Crippen molar-refractivity contribution < 1.29 is 0 Å². The van der Waals surface area contributed by atoms with E-state index in [-0.39, 0.29) is 0 Å². The topological polar surface area (TPSA) is 28.2 Å². The number of pyridine rings is 1. The van der Waals surface area contributed by atoms with Crippen LogP contribution in [0.1, 0.15) is 11.1 Å². The van der Waals surface area contributed by atoms with Crippen LogP contribution in [0.4, 0.5) is 5.69 Å². The Bertz CT molecular complexity index is 571. The summed E-state index contributed by atoms with van der Waals surface area (Å²) in [6.07, 6.45) is 1.94. The molecule has 0 unspecified atom stereocenters. The van der Waals surface area contributed by atoms with Crippen LogP contribution in [0.5, 0.6) is 0 Å². The maximum Gasteiger partial charge on any atom is 0.0754 e. The van der Waals surface area contributed by atoms with Gasteiger partial charge < -0.3 is 10.2 Å². The van der Waals surface area contributed by atoms with E-state index >= 15 is 0 Å². The Hall–Kier alpha value is -1.61. The molecule has 1 fully saturated rings. The van der Waals surface area contributed by atoms with Crippen LogP contribution in [0.25, 0.3) is 10.9 Å². The van der Waals surface area contributed by atoms with Crippen molar-refractivity contribution >= 4 is 16.6 Å². The number of rotatable bonds is 1. The smallest absolute Gasteiger partial charge is 0.0754 e. The lowest BCUT2D eigenvalue weighted by Crippen LogP contribution is -2.43. The lowest BCUT2D eigenvalue weighted by Gasteiger charge is -2.30. The number of hydrogen-bond donors (Lipinski definition) is 1. The summed E-state index contributed by atoms with van der Waals surface area (Å²) >= 11 is 0. The molecule has 0 radical (unpaired) electrons. The van der Waals surface area contributed by atoms with E-state index in [0.29, 0.717) is 0 Å². The summed E-state index contributed by atoms with van der Waals surface area (Å²) in [5.74, 6) is 0. The van der Waals surface area contributed by atoms with Crippen LogP contribution in [0.3, 0.4) is 0 Å². The third kappa shape index (κ3) is 1.85. The van der Waals surface area contributed by atoms with Gasteiger partial charge in [0.1, 0.15) is 0 Å². The zero-order valence-corrected chi connectivity index (χ0v) is 11.0. The number of hydrogen-bond acceptors (Lipinski definition) is 3. The van der Waals surface area contributed by atoms with E-state index in [1.54, 1.807) is 0 Å². The lowest BCUT2D eigenvalue weighted by molar-refractivity contribution is 0.590. The molecule has 3 heteroatoms. The van der Waals surface area contributed by atoms with E-state index in [1.807, 2.05) is 6.20 Å². The van der Waals surface area contributed by atoms with Crippen LogP contribution in [-0.2, 0) is 0 Å². The average Bonchev–Trinajstić information content (AvgIpc) is 2.43. The second-order valence-corrected chi connectivity index (χ2v) is 4.97. The number of nitrogens with zero attached hydrogens (tertiary/aromatic N) is 2. The largest absolute Gasteiger partial charge is 0.368 e.